The standard InChI is InChI=1S/C13H21N3/c1-3-16(4-2)13-8-7-11(10-15-13)12-6-5-9-14-12/h7-8,10,12,14H,3-6,9H2,1-2H3/t12-/m0/s1. The maximum Gasteiger partial charge on any atom is 0.128 e. The molecule has 0 spiro atoms. The molecule has 1 aromatic heterocycles. The van der Waals surface area contributed by atoms with Crippen LogP contribution in [-0.4, -0.2) is 24.6 Å². The summed E-state index contributed by atoms with van der Waals surface area (Å²) in [5, 5.41) is 3.50. The van der Waals surface area contributed by atoms with Gasteiger partial charge in [-0.25, -0.2) is 4.98 Å². The average Bonchev–Trinajstić information content (AvgIpc) is 2.85. The summed E-state index contributed by atoms with van der Waals surface area (Å²) in [4.78, 5) is 6.82. The van der Waals surface area contributed by atoms with Crippen LogP contribution >= 0.6 is 0 Å². The Labute approximate surface area is 97.9 Å². The van der Waals surface area contributed by atoms with E-state index in [0.717, 1.165) is 25.5 Å². The second kappa shape index (κ2) is 5.30. The van der Waals surface area contributed by atoms with Crippen LogP contribution in [0.25, 0.3) is 0 Å². The number of nitrogens with one attached hydrogen (secondary N) is 1. The summed E-state index contributed by atoms with van der Waals surface area (Å²) < 4.78 is 0. The Balaban J connectivity index is 2.09. The van der Waals surface area contributed by atoms with E-state index in [9.17, 15) is 0 Å². The maximum atomic E-state index is 4.55. The zero-order valence-electron chi connectivity index (χ0n) is 10.2. The first kappa shape index (κ1) is 11.4. The Morgan fingerprint density at radius 1 is 1.38 bits per heavy atom. The third-order valence-corrected chi connectivity index (χ3v) is 3.32. The highest BCUT2D eigenvalue weighted by Gasteiger charge is 2.16. The number of anilines is 1. The van der Waals surface area contributed by atoms with Gasteiger partial charge in [0.25, 0.3) is 0 Å². The monoisotopic (exact) mass is 219 g/mol. The quantitative estimate of drug-likeness (QED) is 0.842. The molecular weight excluding hydrogens is 198 g/mol. The first-order chi connectivity index (χ1) is 7.85. The molecule has 2 rings (SSSR count). The summed E-state index contributed by atoms with van der Waals surface area (Å²) >= 11 is 0. The first-order valence-corrected chi connectivity index (χ1v) is 6.29. The highest BCUT2D eigenvalue weighted by Crippen LogP contribution is 2.23. The van der Waals surface area contributed by atoms with E-state index in [1.165, 1.54) is 18.4 Å². The summed E-state index contributed by atoms with van der Waals surface area (Å²) in [6.45, 7) is 7.51. The van der Waals surface area contributed by atoms with Crippen LogP contribution in [0.1, 0.15) is 38.3 Å². The smallest absolute Gasteiger partial charge is 0.128 e. The van der Waals surface area contributed by atoms with Gasteiger partial charge in [0.15, 0.2) is 0 Å². The maximum absolute atomic E-state index is 4.55. The molecule has 0 aromatic carbocycles. The molecule has 0 unspecified atom stereocenters. The first-order valence-electron chi connectivity index (χ1n) is 6.29. The lowest BCUT2D eigenvalue weighted by molar-refractivity contribution is 0.644. The predicted octanol–water partition coefficient (Wildman–Crippen LogP) is 2.35. The molecule has 1 aromatic rings. The van der Waals surface area contributed by atoms with Crippen molar-refractivity contribution in [2.75, 3.05) is 24.5 Å². The lowest BCUT2D eigenvalue weighted by atomic mass is 10.1. The Morgan fingerprint density at radius 2 is 2.19 bits per heavy atom. The zero-order valence-corrected chi connectivity index (χ0v) is 10.2. The van der Waals surface area contributed by atoms with Gasteiger partial charge in [-0.3, -0.25) is 0 Å². The number of aromatic nitrogens is 1. The van der Waals surface area contributed by atoms with Crippen molar-refractivity contribution >= 4 is 5.82 Å². The molecule has 88 valence electrons. The summed E-state index contributed by atoms with van der Waals surface area (Å²) in [7, 11) is 0. The van der Waals surface area contributed by atoms with E-state index in [-0.39, 0.29) is 0 Å². The molecule has 1 aliphatic rings. The van der Waals surface area contributed by atoms with Crippen molar-refractivity contribution in [1.82, 2.24) is 10.3 Å². The summed E-state index contributed by atoms with van der Waals surface area (Å²) in [5.74, 6) is 1.09. The normalized spacial score (nSPS) is 20.0. The number of hydrogen-bond donors (Lipinski definition) is 1. The number of pyridine rings is 1. The topological polar surface area (TPSA) is 28.2 Å². The fraction of sp³-hybridized carbons (Fsp3) is 0.615. The van der Waals surface area contributed by atoms with E-state index in [1.807, 2.05) is 6.20 Å². The van der Waals surface area contributed by atoms with Crippen molar-refractivity contribution in [2.24, 2.45) is 0 Å². The Kier molecular flexibility index (Phi) is 3.78. The lowest BCUT2D eigenvalue weighted by Gasteiger charge is -2.20. The fourth-order valence-corrected chi connectivity index (χ4v) is 2.31. The van der Waals surface area contributed by atoms with E-state index in [2.05, 4.69) is 41.2 Å². The van der Waals surface area contributed by atoms with Crippen molar-refractivity contribution in [1.29, 1.82) is 0 Å². The van der Waals surface area contributed by atoms with Gasteiger partial charge >= 0.3 is 0 Å². The minimum absolute atomic E-state index is 0.526. The minimum atomic E-state index is 0.526. The van der Waals surface area contributed by atoms with Crippen molar-refractivity contribution in [3.8, 4) is 0 Å². The minimum Gasteiger partial charge on any atom is -0.357 e. The SMILES string of the molecule is CCN(CC)c1ccc([C@@H]2CCCN2)cn1. The van der Waals surface area contributed by atoms with Crippen LogP contribution in [0.5, 0.6) is 0 Å². The van der Waals surface area contributed by atoms with Gasteiger partial charge in [0.05, 0.1) is 0 Å². The Bertz CT molecular complexity index is 289. The van der Waals surface area contributed by atoms with Gasteiger partial charge in [-0.15, -0.1) is 0 Å². The van der Waals surface area contributed by atoms with Gasteiger partial charge in [0, 0.05) is 25.3 Å². The molecule has 0 radical (unpaired) electrons. The van der Waals surface area contributed by atoms with E-state index in [0.29, 0.717) is 6.04 Å². The third-order valence-electron chi connectivity index (χ3n) is 3.32. The molecule has 0 saturated carbocycles. The van der Waals surface area contributed by atoms with Crippen LogP contribution < -0.4 is 10.2 Å². The van der Waals surface area contributed by atoms with Crippen LogP contribution in [0, 0.1) is 0 Å². The second-order valence-electron chi connectivity index (χ2n) is 4.27. The van der Waals surface area contributed by atoms with Crippen molar-refractivity contribution < 1.29 is 0 Å². The second-order valence-corrected chi connectivity index (χ2v) is 4.27. The van der Waals surface area contributed by atoms with Crippen molar-refractivity contribution in [3.05, 3.63) is 23.9 Å². The molecule has 1 atom stereocenters. The van der Waals surface area contributed by atoms with E-state index < -0.39 is 0 Å². The van der Waals surface area contributed by atoms with Crippen LogP contribution in [0.3, 0.4) is 0 Å². The van der Waals surface area contributed by atoms with Crippen LogP contribution in [-0.2, 0) is 0 Å². The molecule has 2 heterocycles. The molecular formula is C13H21N3. The number of nitrogens with zero attached hydrogens (tertiary/aromatic N) is 2. The Morgan fingerprint density at radius 3 is 2.69 bits per heavy atom. The molecule has 3 nitrogen and oxygen atoms in total. The van der Waals surface area contributed by atoms with Crippen molar-refractivity contribution in [3.63, 3.8) is 0 Å². The largest absolute Gasteiger partial charge is 0.357 e. The summed E-state index contributed by atoms with van der Waals surface area (Å²) in [6.07, 6.45) is 4.55. The molecule has 1 N–H and O–H groups in total. The average molecular weight is 219 g/mol. The van der Waals surface area contributed by atoms with Crippen molar-refractivity contribution in [2.45, 2.75) is 32.7 Å². The van der Waals surface area contributed by atoms with Gasteiger partial charge in [-0.05, 0) is 44.9 Å². The molecule has 1 fully saturated rings. The van der Waals surface area contributed by atoms with Crippen LogP contribution in [0.15, 0.2) is 18.3 Å². The van der Waals surface area contributed by atoms with Gasteiger partial charge in [0.1, 0.15) is 5.82 Å². The Hall–Kier alpha value is -1.09. The fourth-order valence-electron chi connectivity index (χ4n) is 2.31. The van der Waals surface area contributed by atoms with E-state index in [4.69, 9.17) is 0 Å². The molecule has 1 aliphatic heterocycles. The van der Waals surface area contributed by atoms with Gasteiger partial charge in [0.2, 0.25) is 0 Å². The van der Waals surface area contributed by atoms with E-state index >= 15 is 0 Å². The predicted molar refractivity (Wildman–Crippen MR) is 67.8 cm³/mol. The molecule has 0 aliphatic carbocycles. The van der Waals surface area contributed by atoms with Gasteiger partial charge in [-0.1, -0.05) is 6.07 Å². The molecule has 0 amide bonds. The summed E-state index contributed by atoms with van der Waals surface area (Å²) in [6, 6.07) is 4.88. The zero-order chi connectivity index (χ0) is 11.4. The molecule has 1 saturated heterocycles. The lowest BCUT2D eigenvalue weighted by Crippen LogP contribution is -2.23. The van der Waals surface area contributed by atoms with E-state index in [1.54, 1.807) is 0 Å². The van der Waals surface area contributed by atoms with Gasteiger partial charge < -0.3 is 10.2 Å². The number of hydrogen-bond acceptors (Lipinski definition) is 3. The summed E-state index contributed by atoms with van der Waals surface area (Å²) in [5.41, 5.74) is 1.33. The van der Waals surface area contributed by atoms with Crippen LogP contribution in [0.2, 0.25) is 0 Å². The molecule has 3 heteroatoms. The highest BCUT2D eigenvalue weighted by molar-refractivity contribution is 5.39. The van der Waals surface area contributed by atoms with Crippen LogP contribution in [0.4, 0.5) is 5.82 Å². The third kappa shape index (κ3) is 2.35. The molecule has 0 bridgehead atoms. The number of rotatable bonds is 4. The highest BCUT2D eigenvalue weighted by atomic mass is 15.2. The van der Waals surface area contributed by atoms with Gasteiger partial charge in [-0.2, -0.15) is 0 Å². The molecule has 16 heavy (non-hydrogen) atoms.